The smallest absolute Gasteiger partial charge is 0.475 e. The minimum absolute atomic E-state index is 0.0313. The number of piperazine rings is 1. The monoisotopic (exact) mass is 476 g/mol. The highest BCUT2D eigenvalue weighted by molar-refractivity contribution is 5.93. The van der Waals surface area contributed by atoms with Crippen LogP contribution in [0.3, 0.4) is 0 Å². The van der Waals surface area contributed by atoms with E-state index >= 15 is 0 Å². The number of nitrogens with zero attached hydrogens (tertiary/aromatic N) is 4. The van der Waals surface area contributed by atoms with Crippen LogP contribution in [-0.2, 0) is 4.79 Å². The van der Waals surface area contributed by atoms with Gasteiger partial charge in [-0.3, -0.25) is 9.59 Å². The van der Waals surface area contributed by atoms with Crippen molar-refractivity contribution in [2.75, 3.05) is 32.8 Å². The summed E-state index contributed by atoms with van der Waals surface area (Å²) < 4.78 is 40.3. The van der Waals surface area contributed by atoms with Crippen molar-refractivity contribution in [2.24, 2.45) is 0 Å². The second-order valence-corrected chi connectivity index (χ2v) is 7.70. The van der Waals surface area contributed by atoms with Crippen LogP contribution in [0.25, 0.3) is 6.08 Å². The molecule has 0 aliphatic carbocycles. The summed E-state index contributed by atoms with van der Waals surface area (Å²) >= 11 is 0. The van der Waals surface area contributed by atoms with E-state index in [2.05, 4.69) is 19.4 Å². The molecule has 3 heterocycles. The summed E-state index contributed by atoms with van der Waals surface area (Å²) in [4.78, 5) is 36.4. The molecule has 2 aliphatic heterocycles. The van der Waals surface area contributed by atoms with E-state index in [9.17, 15) is 23.5 Å². The quantitative estimate of drug-likeness (QED) is 0.625. The first-order valence-electron chi connectivity index (χ1n) is 10.5. The zero-order valence-electron chi connectivity index (χ0n) is 18.2. The number of hydrogen-bond acceptors (Lipinski definition) is 8. The maximum Gasteiger partial charge on any atom is 0.586 e. The summed E-state index contributed by atoms with van der Waals surface area (Å²) in [7, 11) is 0. The van der Waals surface area contributed by atoms with E-state index < -0.39 is 12.4 Å². The predicted octanol–water partition coefficient (Wildman–Crippen LogP) is 1.56. The Morgan fingerprint density at radius 3 is 2.62 bits per heavy atom. The molecule has 1 unspecified atom stereocenters. The van der Waals surface area contributed by atoms with E-state index in [-0.39, 0.29) is 41.6 Å². The van der Waals surface area contributed by atoms with Gasteiger partial charge >= 0.3 is 6.29 Å². The van der Waals surface area contributed by atoms with Gasteiger partial charge < -0.3 is 29.1 Å². The second kappa shape index (κ2) is 9.59. The molecule has 1 atom stereocenters. The Labute approximate surface area is 193 Å². The number of carbonyl (C=O) groups excluding carboxylic acids is 2. The number of alkyl halides is 2. The van der Waals surface area contributed by atoms with Crippen molar-refractivity contribution in [3.63, 3.8) is 0 Å². The van der Waals surface area contributed by atoms with Gasteiger partial charge in [0, 0.05) is 44.5 Å². The SMILES string of the molecule is CC(O)COc1ccnc(C(=O)N2CCN(C(=O)C=Cc3ccc4c(c3)OC(F)(F)O4)CC2)n1. The molecule has 10 nitrogen and oxygen atoms in total. The Morgan fingerprint density at radius 1 is 1.18 bits per heavy atom. The number of aromatic nitrogens is 2. The van der Waals surface area contributed by atoms with Gasteiger partial charge in [0.1, 0.15) is 6.61 Å². The minimum atomic E-state index is -3.70. The third-order valence-electron chi connectivity index (χ3n) is 5.02. The summed E-state index contributed by atoms with van der Waals surface area (Å²) in [5.74, 6) is -0.684. The average molecular weight is 476 g/mol. The number of aliphatic hydroxyl groups excluding tert-OH is 1. The van der Waals surface area contributed by atoms with Gasteiger partial charge in [0.05, 0.1) is 6.10 Å². The van der Waals surface area contributed by atoms with Crippen LogP contribution in [0, 0.1) is 0 Å². The summed E-state index contributed by atoms with van der Waals surface area (Å²) in [6, 6.07) is 5.73. The van der Waals surface area contributed by atoms with Crippen LogP contribution >= 0.6 is 0 Å². The lowest BCUT2D eigenvalue weighted by Gasteiger charge is -2.33. The van der Waals surface area contributed by atoms with E-state index in [0.29, 0.717) is 31.7 Å². The maximum atomic E-state index is 13.1. The summed E-state index contributed by atoms with van der Waals surface area (Å²) in [5.41, 5.74) is 0.497. The predicted molar refractivity (Wildman–Crippen MR) is 113 cm³/mol. The van der Waals surface area contributed by atoms with Crippen LogP contribution in [0.15, 0.2) is 36.5 Å². The fraction of sp³-hybridized carbons (Fsp3) is 0.364. The molecule has 34 heavy (non-hydrogen) atoms. The van der Waals surface area contributed by atoms with Crippen molar-refractivity contribution in [3.05, 3.63) is 47.9 Å². The number of rotatable bonds is 6. The normalized spacial score (nSPS) is 17.6. The Bertz CT molecular complexity index is 1100. The topological polar surface area (TPSA) is 114 Å². The molecular weight excluding hydrogens is 454 g/mol. The molecule has 0 radical (unpaired) electrons. The number of benzene rings is 1. The van der Waals surface area contributed by atoms with E-state index in [4.69, 9.17) is 4.74 Å². The molecule has 0 bridgehead atoms. The first kappa shape index (κ1) is 23.4. The molecule has 180 valence electrons. The Morgan fingerprint density at radius 2 is 1.88 bits per heavy atom. The summed E-state index contributed by atoms with van der Waals surface area (Å²) in [6.45, 7) is 2.80. The number of carbonyl (C=O) groups is 2. The first-order chi connectivity index (χ1) is 16.2. The molecule has 12 heteroatoms. The lowest BCUT2D eigenvalue weighted by Crippen LogP contribution is -2.50. The highest BCUT2D eigenvalue weighted by Gasteiger charge is 2.43. The largest absolute Gasteiger partial charge is 0.586 e. The van der Waals surface area contributed by atoms with Crippen LogP contribution < -0.4 is 14.2 Å². The van der Waals surface area contributed by atoms with Gasteiger partial charge in [0.15, 0.2) is 11.5 Å². The number of fused-ring (bicyclic) bond motifs is 1. The van der Waals surface area contributed by atoms with Crippen molar-refractivity contribution in [2.45, 2.75) is 19.3 Å². The first-order valence-corrected chi connectivity index (χ1v) is 10.5. The molecule has 1 N–H and O–H groups in total. The Balaban J connectivity index is 1.30. The highest BCUT2D eigenvalue weighted by atomic mass is 19.3. The van der Waals surface area contributed by atoms with Gasteiger partial charge in [-0.05, 0) is 30.7 Å². The molecule has 0 saturated carbocycles. The summed E-state index contributed by atoms with van der Waals surface area (Å²) in [6.07, 6.45) is -0.149. The van der Waals surface area contributed by atoms with Crippen molar-refractivity contribution < 1.29 is 37.7 Å². The Hall–Kier alpha value is -3.80. The van der Waals surface area contributed by atoms with Crippen LogP contribution in [0.5, 0.6) is 17.4 Å². The molecule has 2 amide bonds. The zero-order chi connectivity index (χ0) is 24.3. The van der Waals surface area contributed by atoms with Crippen molar-refractivity contribution in [1.82, 2.24) is 19.8 Å². The third kappa shape index (κ3) is 5.57. The van der Waals surface area contributed by atoms with Crippen molar-refractivity contribution >= 4 is 17.9 Å². The van der Waals surface area contributed by atoms with Gasteiger partial charge in [-0.25, -0.2) is 4.98 Å². The molecule has 2 aromatic rings. The zero-order valence-corrected chi connectivity index (χ0v) is 18.2. The molecule has 1 fully saturated rings. The van der Waals surface area contributed by atoms with Gasteiger partial charge in [0.25, 0.3) is 5.91 Å². The van der Waals surface area contributed by atoms with Crippen LogP contribution in [0.4, 0.5) is 8.78 Å². The van der Waals surface area contributed by atoms with E-state index in [0.717, 1.165) is 0 Å². The van der Waals surface area contributed by atoms with E-state index in [1.54, 1.807) is 16.7 Å². The fourth-order valence-electron chi connectivity index (χ4n) is 3.35. The molecule has 2 aliphatic rings. The van der Waals surface area contributed by atoms with Gasteiger partial charge in [0.2, 0.25) is 17.6 Å². The van der Waals surface area contributed by atoms with E-state index in [1.165, 1.54) is 42.6 Å². The Kier molecular flexibility index (Phi) is 6.59. The summed E-state index contributed by atoms with van der Waals surface area (Å²) in [5, 5.41) is 9.31. The van der Waals surface area contributed by atoms with E-state index in [1.807, 2.05) is 0 Å². The molecule has 1 saturated heterocycles. The lowest BCUT2D eigenvalue weighted by atomic mass is 10.2. The van der Waals surface area contributed by atoms with Crippen molar-refractivity contribution in [3.8, 4) is 17.4 Å². The fourth-order valence-corrected chi connectivity index (χ4v) is 3.35. The van der Waals surface area contributed by atoms with Crippen LogP contribution in [0.1, 0.15) is 23.1 Å². The number of halogens is 2. The number of ether oxygens (including phenoxy) is 3. The van der Waals surface area contributed by atoms with Gasteiger partial charge in [-0.15, -0.1) is 8.78 Å². The number of amides is 2. The van der Waals surface area contributed by atoms with Gasteiger partial charge in [-0.1, -0.05) is 6.07 Å². The average Bonchev–Trinajstić information content (AvgIpc) is 3.14. The van der Waals surface area contributed by atoms with Crippen LogP contribution in [0.2, 0.25) is 0 Å². The lowest BCUT2D eigenvalue weighted by molar-refractivity contribution is -0.286. The minimum Gasteiger partial charge on any atom is -0.475 e. The molecular formula is C22H22F2N4O6. The second-order valence-electron chi connectivity index (χ2n) is 7.70. The maximum absolute atomic E-state index is 13.1. The van der Waals surface area contributed by atoms with Crippen LogP contribution in [-0.4, -0.2) is 81.9 Å². The molecule has 1 aromatic carbocycles. The molecule has 0 spiro atoms. The standard InChI is InChI=1S/C22H22F2N4O6/c1-14(29)13-32-18-6-7-25-20(26-18)21(31)28-10-8-27(9-11-28)19(30)5-3-15-2-4-16-17(12-15)34-22(23,24)33-16/h2-7,12,14,29H,8-11,13H2,1H3. The number of hydrogen-bond donors (Lipinski definition) is 1. The highest BCUT2D eigenvalue weighted by Crippen LogP contribution is 2.41. The third-order valence-corrected chi connectivity index (χ3v) is 5.02. The van der Waals surface area contributed by atoms with Crippen molar-refractivity contribution in [1.29, 1.82) is 0 Å². The van der Waals surface area contributed by atoms with Gasteiger partial charge in [-0.2, -0.15) is 4.98 Å². The molecule has 4 rings (SSSR count). The molecule has 1 aromatic heterocycles. The number of aliphatic hydroxyl groups is 1.